The predicted molar refractivity (Wildman–Crippen MR) is 112 cm³/mol. The SMILES string of the molecule is CCc1ccc(C(=O)C[C@H](Nc2ccccc2)c2ccc(Br)cc2)cc1. The molecule has 2 nitrogen and oxygen atoms in total. The van der Waals surface area contributed by atoms with Crippen LogP contribution in [-0.2, 0) is 6.42 Å². The molecule has 3 aromatic rings. The van der Waals surface area contributed by atoms with Gasteiger partial charge in [0.05, 0.1) is 6.04 Å². The van der Waals surface area contributed by atoms with Gasteiger partial charge in [-0.15, -0.1) is 0 Å². The van der Waals surface area contributed by atoms with Crippen molar-refractivity contribution in [2.24, 2.45) is 0 Å². The van der Waals surface area contributed by atoms with Crippen LogP contribution in [0.3, 0.4) is 0 Å². The number of anilines is 1. The fraction of sp³-hybridized carbons (Fsp3) is 0.174. The highest BCUT2D eigenvalue weighted by atomic mass is 79.9. The Bertz CT molecular complexity index is 842. The van der Waals surface area contributed by atoms with Crippen molar-refractivity contribution in [3.63, 3.8) is 0 Å². The van der Waals surface area contributed by atoms with E-state index in [0.717, 1.165) is 27.7 Å². The van der Waals surface area contributed by atoms with Gasteiger partial charge in [-0.05, 0) is 41.8 Å². The van der Waals surface area contributed by atoms with Crippen LogP contribution in [0.4, 0.5) is 5.69 Å². The third-order valence-corrected chi connectivity index (χ3v) is 4.99. The van der Waals surface area contributed by atoms with Gasteiger partial charge in [0.25, 0.3) is 0 Å². The molecule has 132 valence electrons. The fourth-order valence-electron chi connectivity index (χ4n) is 2.91. The molecule has 1 N–H and O–H groups in total. The molecule has 0 saturated heterocycles. The van der Waals surface area contributed by atoms with Crippen molar-refractivity contribution < 1.29 is 4.79 Å². The van der Waals surface area contributed by atoms with E-state index >= 15 is 0 Å². The summed E-state index contributed by atoms with van der Waals surface area (Å²) in [6, 6.07) is 26.0. The second-order valence-corrected chi connectivity index (χ2v) is 7.21. The van der Waals surface area contributed by atoms with Crippen molar-refractivity contribution in [1.29, 1.82) is 0 Å². The Morgan fingerprint density at radius 1 is 0.923 bits per heavy atom. The number of para-hydroxylation sites is 1. The first-order valence-electron chi connectivity index (χ1n) is 8.85. The first-order chi connectivity index (χ1) is 12.7. The van der Waals surface area contributed by atoms with Crippen LogP contribution in [0, 0.1) is 0 Å². The molecule has 0 amide bonds. The van der Waals surface area contributed by atoms with E-state index in [1.807, 2.05) is 66.7 Å². The second kappa shape index (κ2) is 8.81. The smallest absolute Gasteiger partial charge is 0.165 e. The van der Waals surface area contributed by atoms with Crippen LogP contribution in [0.15, 0.2) is 83.3 Å². The summed E-state index contributed by atoms with van der Waals surface area (Å²) in [4.78, 5) is 12.8. The third-order valence-electron chi connectivity index (χ3n) is 4.46. The molecule has 0 unspecified atom stereocenters. The summed E-state index contributed by atoms with van der Waals surface area (Å²) in [7, 11) is 0. The highest BCUT2D eigenvalue weighted by Gasteiger charge is 2.17. The van der Waals surface area contributed by atoms with Crippen molar-refractivity contribution in [3.8, 4) is 0 Å². The minimum absolute atomic E-state index is 0.0798. The van der Waals surface area contributed by atoms with Gasteiger partial charge in [-0.3, -0.25) is 4.79 Å². The Hall–Kier alpha value is -2.39. The van der Waals surface area contributed by atoms with Crippen molar-refractivity contribution in [2.75, 3.05) is 5.32 Å². The molecule has 0 fully saturated rings. The van der Waals surface area contributed by atoms with Crippen molar-refractivity contribution >= 4 is 27.4 Å². The highest BCUT2D eigenvalue weighted by molar-refractivity contribution is 9.10. The maximum Gasteiger partial charge on any atom is 0.165 e. The quantitative estimate of drug-likeness (QED) is 0.456. The van der Waals surface area contributed by atoms with Gasteiger partial charge < -0.3 is 5.32 Å². The first kappa shape index (κ1) is 18.4. The lowest BCUT2D eigenvalue weighted by Crippen LogP contribution is -2.15. The highest BCUT2D eigenvalue weighted by Crippen LogP contribution is 2.26. The fourth-order valence-corrected chi connectivity index (χ4v) is 3.18. The molecule has 3 aromatic carbocycles. The van der Waals surface area contributed by atoms with Crippen LogP contribution in [0.2, 0.25) is 0 Å². The molecule has 0 bridgehead atoms. The van der Waals surface area contributed by atoms with Crippen LogP contribution in [-0.4, -0.2) is 5.78 Å². The summed E-state index contributed by atoms with van der Waals surface area (Å²) in [5.74, 6) is 0.143. The Labute approximate surface area is 163 Å². The van der Waals surface area contributed by atoms with E-state index in [1.54, 1.807) is 0 Å². The maximum absolute atomic E-state index is 12.8. The molecule has 3 heteroatoms. The van der Waals surface area contributed by atoms with Gasteiger partial charge in [0, 0.05) is 22.1 Å². The van der Waals surface area contributed by atoms with Gasteiger partial charge in [-0.25, -0.2) is 0 Å². The Morgan fingerprint density at radius 2 is 1.58 bits per heavy atom. The number of nitrogens with one attached hydrogen (secondary N) is 1. The molecule has 0 radical (unpaired) electrons. The van der Waals surface area contributed by atoms with E-state index in [-0.39, 0.29) is 11.8 Å². The average Bonchev–Trinajstić information content (AvgIpc) is 2.69. The van der Waals surface area contributed by atoms with Crippen molar-refractivity contribution in [2.45, 2.75) is 25.8 Å². The second-order valence-electron chi connectivity index (χ2n) is 6.29. The zero-order chi connectivity index (χ0) is 18.4. The minimum Gasteiger partial charge on any atom is -0.378 e. The van der Waals surface area contributed by atoms with E-state index in [9.17, 15) is 4.79 Å². The van der Waals surface area contributed by atoms with Gasteiger partial charge in [0.15, 0.2) is 5.78 Å². The molecule has 1 atom stereocenters. The number of hydrogen-bond donors (Lipinski definition) is 1. The first-order valence-corrected chi connectivity index (χ1v) is 9.64. The van der Waals surface area contributed by atoms with Crippen LogP contribution < -0.4 is 5.32 Å². The van der Waals surface area contributed by atoms with Crippen LogP contribution in [0.1, 0.15) is 40.9 Å². The molecule has 0 saturated carbocycles. The minimum atomic E-state index is -0.0798. The standard InChI is InChI=1S/C23H22BrNO/c1-2-17-8-10-19(11-9-17)23(26)16-22(18-12-14-20(24)15-13-18)25-21-6-4-3-5-7-21/h3-15,22,25H,2,16H2,1H3/t22-/m0/s1. The maximum atomic E-state index is 12.8. The molecule has 0 aromatic heterocycles. The summed E-state index contributed by atoms with van der Waals surface area (Å²) >= 11 is 3.48. The number of carbonyl (C=O) groups excluding carboxylic acids is 1. The van der Waals surface area contributed by atoms with Gasteiger partial charge in [0.2, 0.25) is 0 Å². The monoisotopic (exact) mass is 407 g/mol. The summed E-state index contributed by atoms with van der Waals surface area (Å²) < 4.78 is 1.03. The van der Waals surface area contributed by atoms with Gasteiger partial charge >= 0.3 is 0 Å². The topological polar surface area (TPSA) is 29.1 Å². The number of benzene rings is 3. The normalized spacial score (nSPS) is 11.8. The average molecular weight is 408 g/mol. The van der Waals surface area contributed by atoms with Gasteiger partial charge in [0.1, 0.15) is 0 Å². The molecule has 0 aliphatic rings. The summed E-state index contributed by atoms with van der Waals surface area (Å²) in [5, 5.41) is 3.50. The van der Waals surface area contributed by atoms with E-state index in [1.165, 1.54) is 5.56 Å². The largest absolute Gasteiger partial charge is 0.378 e. The zero-order valence-electron chi connectivity index (χ0n) is 14.8. The number of hydrogen-bond acceptors (Lipinski definition) is 2. The number of halogens is 1. The molecule has 26 heavy (non-hydrogen) atoms. The molecule has 3 rings (SSSR count). The van der Waals surface area contributed by atoms with Crippen LogP contribution >= 0.6 is 15.9 Å². The molecular weight excluding hydrogens is 386 g/mol. The van der Waals surface area contributed by atoms with E-state index in [4.69, 9.17) is 0 Å². The molecular formula is C23H22BrNO. The van der Waals surface area contributed by atoms with Gasteiger partial charge in [-0.2, -0.15) is 0 Å². The Kier molecular flexibility index (Phi) is 6.24. The molecule has 0 heterocycles. The summed E-state index contributed by atoms with van der Waals surface area (Å²) in [6.07, 6.45) is 1.38. The molecule has 0 spiro atoms. The third kappa shape index (κ3) is 4.83. The number of ketones is 1. The zero-order valence-corrected chi connectivity index (χ0v) is 16.4. The lowest BCUT2D eigenvalue weighted by molar-refractivity contribution is 0.0976. The molecule has 0 aliphatic carbocycles. The van der Waals surface area contributed by atoms with Crippen LogP contribution in [0.25, 0.3) is 0 Å². The van der Waals surface area contributed by atoms with Crippen LogP contribution in [0.5, 0.6) is 0 Å². The number of Topliss-reactive ketones (excluding diaryl/α,β-unsaturated/α-hetero) is 1. The van der Waals surface area contributed by atoms with Gasteiger partial charge in [-0.1, -0.05) is 77.5 Å². The Balaban J connectivity index is 1.82. The van der Waals surface area contributed by atoms with Crippen molar-refractivity contribution in [1.82, 2.24) is 0 Å². The van der Waals surface area contributed by atoms with E-state index < -0.39 is 0 Å². The number of aryl methyl sites for hydroxylation is 1. The van der Waals surface area contributed by atoms with E-state index in [2.05, 4.69) is 40.3 Å². The van der Waals surface area contributed by atoms with Crippen molar-refractivity contribution in [3.05, 3.63) is 100 Å². The number of rotatable bonds is 7. The molecule has 0 aliphatic heterocycles. The van der Waals surface area contributed by atoms with E-state index in [0.29, 0.717) is 6.42 Å². The summed E-state index contributed by atoms with van der Waals surface area (Å²) in [6.45, 7) is 2.12. The lowest BCUT2D eigenvalue weighted by atomic mass is 9.97. The number of carbonyl (C=O) groups is 1. The summed E-state index contributed by atoms with van der Waals surface area (Å²) in [5.41, 5.74) is 4.11. The lowest BCUT2D eigenvalue weighted by Gasteiger charge is -2.20. The predicted octanol–water partition coefficient (Wildman–Crippen LogP) is 6.44. The Morgan fingerprint density at radius 3 is 2.19 bits per heavy atom.